The molecule has 2 aromatic heterocycles. The van der Waals surface area contributed by atoms with Crippen LogP contribution in [0, 0.1) is 12.4 Å². The molecule has 5 heterocycles. The van der Waals surface area contributed by atoms with Gasteiger partial charge in [-0.2, -0.15) is 9.97 Å². The molecule has 0 unspecified atom stereocenters. The lowest BCUT2D eigenvalue weighted by molar-refractivity contribution is -0.131. The molecule has 224 valence electrons. The number of likely N-dealkylation sites (N-methyl/N-ethyl adjacent to an activating group) is 1. The highest BCUT2D eigenvalue weighted by molar-refractivity contribution is 7.99. The van der Waals surface area contributed by atoms with Gasteiger partial charge in [0.1, 0.15) is 30.0 Å². The zero-order chi connectivity index (χ0) is 30.1. The number of halogens is 2. The number of piperazine rings is 1. The number of amides is 1. The minimum absolute atomic E-state index is 0.0240. The van der Waals surface area contributed by atoms with E-state index in [4.69, 9.17) is 21.3 Å². The van der Waals surface area contributed by atoms with E-state index in [1.807, 2.05) is 17.0 Å². The number of thioether (sulfide) groups is 1. The van der Waals surface area contributed by atoms with Crippen molar-refractivity contribution in [2.24, 2.45) is 0 Å². The normalized spacial score (nSPS) is 20.6. The van der Waals surface area contributed by atoms with Gasteiger partial charge in [0.25, 0.3) is 5.91 Å². The van der Waals surface area contributed by atoms with Crippen molar-refractivity contribution in [2.75, 3.05) is 57.0 Å². The first-order chi connectivity index (χ1) is 20.8. The summed E-state index contributed by atoms with van der Waals surface area (Å²) in [5, 5.41) is 0.405. The van der Waals surface area contributed by atoms with Crippen molar-refractivity contribution >= 4 is 34.5 Å². The smallest absolute Gasteiger partial charge is 0.320 e. The summed E-state index contributed by atoms with van der Waals surface area (Å²) in [5.74, 6) is -0.937. The minimum atomic E-state index is -1.07. The van der Waals surface area contributed by atoms with Gasteiger partial charge < -0.3 is 24.3 Å². The highest BCUT2D eigenvalue weighted by Crippen LogP contribution is 2.38. The van der Waals surface area contributed by atoms with Crippen LogP contribution < -0.4 is 9.64 Å². The number of hydrogen-bond donors (Lipinski definition) is 0. The molecule has 12 heteroatoms. The average molecular weight is 606 g/mol. The zero-order valence-corrected chi connectivity index (χ0v) is 24.9. The molecule has 6 rings (SSSR count). The molecule has 0 spiro atoms. The van der Waals surface area contributed by atoms with Crippen molar-refractivity contribution in [3.05, 3.63) is 59.5 Å². The van der Waals surface area contributed by atoms with Gasteiger partial charge in [0.05, 0.1) is 5.39 Å². The molecule has 0 radical (unpaired) electrons. The van der Waals surface area contributed by atoms with E-state index in [1.54, 1.807) is 11.8 Å². The molecule has 2 fully saturated rings. The molecule has 1 aromatic carbocycles. The first-order valence-corrected chi connectivity index (χ1v) is 15.5. The summed E-state index contributed by atoms with van der Waals surface area (Å²) in [5.41, 5.74) is 2.39. The number of anilines is 1. The number of nitrogens with zero attached hydrogens (tertiary/aromatic N) is 7. The zero-order valence-electron chi connectivity index (χ0n) is 24.1. The minimum Gasteiger partial charge on any atom is -0.462 e. The highest BCUT2D eigenvalue weighted by atomic mass is 32.2. The maximum Gasteiger partial charge on any atom is 0.320 e. The Morgan fingerprint density at radius 3 is 2.84 bits per heavy atom. The van der Waals surface area contributed by atoms with E-state index in [-0.39, 0.29) is 43.9 Å². The topological polar surface area (TPSA) is 79.1 Å². The van der Waals surface area contributed by atoms with Gasteiger partial charge in [-0.1, -0.05) is 18.7 Å². The number of likely N-dealkylation sites (tertiary alicyclic amines) is 1. The van der Waals surface area contributed by atoms with Crippen molar-refractivity contribution in [1.82, 2.24) is 24.8 Å². The largest absolute Gasteiger partial charge is 0.462 e. The molecule has 43 heavy (non-hydrogen) atoms. The van der Waals surface area contributed by atoms with E-state index in [0.29, 0.717) is 23.5 Å². The summed E-state index contributed by atoms with van der Waals surface area (Å²) in [6.45, 7) is 12.6. The fraction of sp³-hybridized carbons (Fsp3) is 0.452. The van der Waals surface area contributed by atoms with Gasteiger partial charge in [0.2, 0.25) is 6.54 Å². The average Bonchev–Trinajstić information content (AvgIpc) is 3.43. The number of aromatic nitrogens is 3. The third-order valence-electron chi connectivity index (χ3n) is 8.47. The quantitative estimate of drug-likeness (QED) is 0.282. The van der Waals surface area contributed by atoms with Gasteiger partial charge in [0.15, 0.2) is 11.5 Å². The Morgan fingerprint density at radius 2 is 2.07 bits per heavy atom. The van der Waals surface area contributed by atoms with E-state index < -0.39 is 23.6 Å². The first kappa shape index (κ1) is 29.3. The van der Waals surface area contributed by atoms with Crippen LogP contribution in [0.25, 0.3) is 27.1 Å². The van der Waals surface area contributed by atoms with Crippen LogP contribution in [0.4, 0.5) is 14.6 Å². The second-order valence-electron chi connectivity index (χ2n) is 11.2. The molecule has 0 saturated carbocycles. The maximum atomic E-state index is 15.9. The Bertz CT molecular complexity index is 1610. The fourth-order valence-electron chi connectivity index (χ4n) is 6.19. The van der Waals surface area contributed by atoms with Crippen molar-refractivity contribution in [3.63, 3.8) is 0 Å². The predicted octanol–water partition coefficient (Wildman–Crippen LogP) is 4.76. The van der Waals surface area contributed by atoms with E-state index in [2.05, 4.69) is 34.4 Å². The van der Waals surface area contributed by atoms with Gasteiger partial charge >= 0.3 is 6.01 Å². The van der Waals surface area contributed by atoms with Gasteiger partial charge in [-0.15, -0.1) is 11.8 Å². The molecular formula is C31H33F2N7O2S. The number of ether oxygens (including phenoxy) is 1. The van der Waals surface area contributed by atoms with Crippen molar-refractivity contribution in [1.29, 1.82) is 0 Å². The summed E-state index contributed by atoms with van der Waals surface area (Å²) in [6, 6.07) is 7.09. The van der Waals surface area contributed by atoms with Crippen LogP contribution in [-0.2, 0) is 11.2 Å². The SMILES string of the molecule is [C-]#[N+]C[C@H]1CN(c2nc(OC[C@@H]3CCCN3C)nc3nc(-c4cccc5c4CCCS5)c(F)cc23)CCN1C(=O)C(=C)F. The van der Waals surface area contributed by atoms with Crippen molar-refractivity contribution in [3.8, 4) is 17.3 Å². The van der Waals surface area contributed by atoms with Gasteiger partial charge in [-0.05, 0) is 62.7 Å². The number of pyridine rings is 1. The Hall–Kier alpha value is -3.82. The second-order valence-corrected chi connectivity index (χ2v) is 12.3. The maximum absolute atomic E-state index is 15.9. The summed E-state index contributed by atoms with van der Waals surface area (Å²) < 4.78 is 35.9. The Labute approximate surface area is 253 Å². The molecule has 3 aromatic rings. The second kappa shape index (κ2) is 12.4. The third-order valence-corrected chi connectivity index (χ3v) is 9.66. The molecule has 0 bridgehead atoms. The van der Waals surface area contributed by atoms with Gasteiger partial charge in [-0.3, -0.25) is 4.79 Å². The predicted molar refractivity (Wildman–Crippen MR) is 162 cm³/mol. The summed E-state index contributed by atoms with van der Waals surface area (Å²) in [4.78, 5) is 36.7. The van der Waals surface area contributed by atoms with E-state index >= 15 is 4.39 Å². The molecule has 2 saturated heterocycles. The number of benzene rings is 1. The van der Waals surface area contributed by atoms with Gasteiger partial charge in [-0.25, -0.2) is 20.3 Å². The Morgan fingerprint density at radius 1 is 1.21 bits per heavy atom. The Balaban J connectivity index is 1.41. The molecule has 1 amide bonds. The van der Waals surface area contributed by atoms with Crippen LogP contribution >= 0.6 is 11.8 Å². The molecule has 2 atom stereocenters. The number of hydrogen-bond acceptors (Lipinski definition) is 8. The lowest BCUT2D eigenvalue weighted by atomic mass is 9.99. The fourth-order valence-corrected chi connectivity index (χ4v) is 7.26. The monoisotopic (exact) mass is 605 g/mol. The number of carbonyl (C=O) groups excluding carboxylic acids is 1. The lowest BCUT2D eigenvalue weighted by Crippen LogP contribution is -2.56. The van der Waals surface area contributed by atoms with Crippen LogP contribution in [0.2, 0.25) is 0 Å². The van der Waals surface area contributed by atoms with Crippen molar-refractivity contribution < 1.29 is 18.3 Å². The van der Waals surface area contributed by atoms with E-state index in [9.17, 15) is 9.18 Å². The van der Waals surface area contributed by atoms with Gasteiger partial charge in [0, 0.05) is 36.1 Å². The van der Waals surface area contributed by atoms with Crippen LogP contribution in [0.15, 0.2) is 41.6 Å². The number of fused-ring (bicyclic) bond motifs is 2. The molecule has 0 aliphatic carbocycles. The van der Waals surface area contributed by atoms with Crippen LogP contribution in [0.3, 0.4) is 0 Å². The first-order valence-electron chi connectivity index (χ1n) is 14.5. The standard InChI is InChI=1S/C31H33F2N7O2S/c1-19(32)30(41)40-13-12-39(17-21(40)16-34-2)29-24-15-25(33)27(23-8-4-10-26-22(23)9-6-14-43-26)35-28(24)36-31(37-29)42-18-20-7-5-11-38(20)3/h4,8,10,15,20-21H,1,5-7,9,11-14,16-18H2,3H3/t20-,21-/m0/s1. The summed E-state index contributed by atoms with van der Waals surface area (Å²) >= 11 is 1.77. The summed E-state index contributed by atoms with van der Waals surface area (Å²) in [6.07, 6.45) is 3.97. The summed E-state index contributed by atoms with van der Waals surface area (Å²) in [7, 11) is 2.06. The van der Waals surface area contributed by atoms with E-state index in [1.165, 1.54) is 11.0 Å². The molecular weight excluding hydrogens is 572 g/mol. The van der Waals surface area contributed by atoms with Crippen LogP contribution in [0.1, 0.15) is 24.8 Å². The van der Waals surface area contributed by atoms with Crippen LogP contribution in [0.5, 0.6) is 6.01 Å². The lowest BCUT2D eigenvalue weighted by Gasteiger charge is -2.39. The number of rotatable bonds is 7. The van der Waals surface area contributed by atoms with Crippen LogP contribution in [-0.4, -0.2) is 94.9 Å². The van der Waals surface area contributed by atoms with E-state index in [0.717, 1.165) is 54.0 Å². The number of carbonyl (C=O) groups is 1. The van der Waals surface area contributed by atoms with Crippen molar-refractivity contribution in [2.45, 2.75) is 42.7 Å². The Kier molecular flexibility index (Phi) is 8.45. The molecule has 0 N–H and O–H groups in total. The molecule has 9 nitrogen and oxygen atoms in total. The third kappa shape index (κ3) is 5.88. The molecule has 3 aliphatic heterocycles. The molecule has 3 aliphatic rings. The highest BCUT2D eigenvalue weighted by Gasteiger charge is 2.35.